The van der Waals surface area contributed by atoms with Gasteiger partial charge in [0.1, 0.15) is 0 Å². The van der Waals surface area contributed by atoms with Crippen molar-refractivity contribution < 1.29 is 0 Å². The van der Waals surface area contributed by atoms with Crippen molar-refractivity contribution in [2.75, 3.05) is 5.73 Å². The van der Waals surface area contributed by atoms with E-state index in [1.807, 2.05) is 19.4 Å². The molecule has 1 aromatic rings. The molecule has 65 valence electrons. The van der Waals surface area contributed by atoms with Crippen molar-refractivity contribution in [1.29, 1.82) is 0 Å². The van der Waals surface area contributed by atoms with Crippen LogP contribution in [0.5, 0.6) is 0 Å². The molecule has 3 heteroatoms. The third-order valence-corrected chi connectivity index (χ3v) is 2.06. The highest BCUT2D eigenvalue weighted by atomic mass is 35.5. The predicted octanol–water partition coefficient (Wildman–Crippen LogP) is 1.95. The molecule has 0 fully saturated rings. The van der Waals surface area contributed by atoms with Gasteiger partial charge in [-0.15, -0.1) is 0 Å². The summed E-state index contributed by atoms with van der Waals surface area (Å²) in [5.41, 5.74) is 13.8. The Morgan fingerprint density at radius 3 is 2.67 bits per heavy atom. The fourth-order valence-corrected chi connectivity index (χ4v) is 1.55. The molecule has 0 amide bonds. The Labute approximate surface area is 77.5 Å². The molecule has 1 rings (SSSR count). The number of nitrogen functional groups attached to an aromatic ring is 1. The molecule has 0 aliphatic rings. The van der Waals surface area contributed by atoms with Gasteiger partial charge in [0, 0.05) is 17.3 Å². The number of hydrogen-bond acceptors (Lipinski definition) is 2. The second kappa shape index (κ2) is 3.78. The first kappa shape index (κ1) is 9.36. The molecule has 0 aliphatic carbocycles. The molecule has 0 heterocycles. The van der Waals surface area contributed by atoms with Gasteiger partial charge in [-0.2, -0.15) is 0 Å². The number of nitrogens with two attached hydrogens (primary N) is 2. The minimum Gasteiger partial charge on any atom is -0.399 e. The summed E-state index contributed by atoms with van der Waals surface area (Å²) >= 11 is 5.95. The van der Waals surface area contributed by atoms with Crippen LogP contribution >= 0.6 is 11.6 Å². The second-order valence-electron chi connectivity index (χ2n) is 2.57. The van der Waals surface area contributed by atoms with Crippen molar-refractivity contribution in [1.82, 2.24) is 0 Å². The summed E-state index contributed by atoms with van der Waals surface area (Å²) in [5, 5.41) is 0.665. The standard InChI is InChI=1S/C9H12ClN2/c1-2-8-6(5-11)3-7(12)4-9(8)10/h2-4H,5,11-12H2,1H3. The normalized spacial score (nSPS) is 10.2. The maximum absolute atomic E-state index is 5.95. The first-order chi connectivity index (χ1) is 5.69. The fraction of sp³-hybridized carbons (Fsp3) is 0.222. The Morgan fingerprint density at radius 1 is 1.50 bits per heavy atom. The molecule has 0 saturated carbocycles. The number of hydrogen-bond donors (Lipinski definition) is 2. The highest BCUT2D eigenvalue weighted by Gasteiger charge is 2.05. The van der Waals surface area contributed by atoms with Crippen molar-refractivity contribution in [3.05, 3.63) is 34.7 Å². The molecule has 0 aliphatic heterocycles. The molecule has 0 saturated heterocycles. The van der Waals surface area contributed by atoms with Gasteiger partial charge in [-0.1, -0.05) is 18.5 Å². The monoisotopic (exact) mass is 183 g/mol. The molecule has 0 bridgehead atoms. The van der Waals surface area contributed by atoms with E-state index < -0.39 is 0 Å². The minimum atomic E-state index is 0.463. The van der Waals surface area contributed by atoms with E-state index in [1.165, 1.54) is 0 Å². The van der Waals surface area contributed by atoms with Gasteiger partial charge in [-0.05, 0) is 29.7 Å². The molecule has 1 radical (unpaired) electrons. The summed E-state index contributed by atoms with van der Waals surface area (Å²) in [6.45, 7) is 2.39. The molecule has 2 nitrogen and oxygen atoms in total. The third kappa shape index (κ3) is 1.71. The maximum Gasteiger partial charge on any atom is 0.0464 e. The largest absolute Gasteiger partial charge is 0.399 e. The summed E-state index contributed by atoms with van der Waals surface area (Å²) < 4.78 is 0. The Hall–Kier alpha value is -0.730. The zero-order chi connectivity index (χ0) is 9.14. The smallest absolute Gasteiger partial charge is 0.0464 e. The third-order valence-electron chi connectivity index (χ3n) is 1.75. The van der Waals surface area contributed by atoms with Crippen LogP contribution < -0.4 is 11.5 Å². The maximum atomic E-state index is 5.95. The number of anilines is 1. The number of rotatable bonds is 2. The zero-order valence-corrected chi connectivity index (χ0v) is 7.73. The first-order valence-electron chi connectivity index (χ1n) is 3.76. The van der Waals surface area contributed by atoms with Gasteiger partial charge in [0.25, 0.3) is 0 Å². The van der Waals surface area contributed by atoms with Crippen LogP contribution in [0.1, 0.15) is 18.1 Å². The SMILES string of the molecule is C[CH]c1c(Cl)cc(N)cc1CN. The van der Waals surface area contributed by atoms with Crippen LogP contribution in [0, 0.1) is 6.42 Å². The van der Waals surface area contributed by atoms with E-state index in [0.29, 0.717) is 17.3 Å². The molecule has 0 unspecified atom stereocenters. The predicted molar refractivity (Wildman–Crippen MR) is 52.8 cm³/mol. The van der Waals surface area contributed by atoms with Gasteiger partial charge >= 0.3 is 0 Å². The summed E-state index contributed by atoms with van der Waals surface area (Å²) in [6.07, 6.45) is 1.93. The summed E-state index contributed by atoms with van der Waals surface area (Å²) in [7, 11) is 0. The molecular formula is C9H12ClN2. The lowest BCUT2D eigenvalue weighted by Crippen LogP contribution is -2.02. The summed E-state index contributed by atoms with van der Waals surface area (Å²) in [6, 6.07) is 3.58. The van der Waals surface area contributed by atoms with Crippen molar-refractivity contribution in [2.45, 2.75) is 13.5 Å². The van der Waals surface area contributed by atoms with Crippen LogP contribution in [0.15, 0.2) is 12.1 Å². The quantitative estimate of drug-likeness (QED) is 0.689. The highest BCUT2D eigenvalue weighted by Crippen LogP contribution is 2.24. The molecule has 12 heavy (non-hydrogen) atoms. The average Bonchev–Trinajstić information content (AvgIpc) is 2.03. The Kier molecular flexibility index (Phi) is 2.95. The van der Waals surface area contributed by atoms with E-state index in [-0.39, 0.29) is 0 Å². The van der Waals surface area contributed by atoms with Crippen LogP contribution in [0.4, 0.5) is 5.69 Å². The van der Waals surface area contributed by atoms with Crippen LogP contribution in [0.3, 0.4) is 0 Å². The lowest BCUT2D eigenvalue weighted by Gasteiger charge is -2.08. The molecule has 4 N–H and O–H groups in total. The second-order valence-corrected chi connectivity index (χ2v) is 2.98. The lowest BCUT2D eigenvalue weighted by molar-refractivity contribution is 1.05. The van der Waals surface area contributed by atoms with Gasteiger partial charge in [0.05, 0.1) is 0 Å². The van der Waals surface area contributed by atoms with E-state index in [4.69, 9.17) is 23.1 Å². The number of benzene rings is 1. The molecular weight excluding hydrogens is 172 g/mol. The fourth-order valence-electron chi connectivity index (χ4n) is 1.19. The van der Waals surface area contributed by atoms with Crippen molar-refractivity contribution in [3.8, 4) is 0 Å². The van der Waals surface area contributed by atoms with Gasteiger partial charge in [0.15, 0.2) is 0 Å². The topological polar surface area (TPSA) is 52.0 Å². The average molecular weight is 184 g/mol. The number of halogens is 1. The van der Waals surface area contributed by atoms with Crippen LogP contribution in [-0.2, 0) is 6.54 Å². The van der Waals surface area contributed by atoms with E-state index in [9.17, 15) is 0 Å². The minimum absolute atomic E-state index is 0.463. The van der Waals surface area contributed by atoms with Crippen molar-refractivity contribution >= 4 is 17.3 Å². The summed E-state index contributed by atoms with van der Waals surface area (Å²) in [4.78, 5) is 0. The van der Waals surface area contributed by atoms with E-state index >= 15 is 0 Å². The van der Waals surface area contributed by atoms with Crippen LogP contribution in [0.25, 0.3) is 0 Å². The van der Waals surface area contributed by atoms with Crippen LogP contribution in [-0.4, -0.2) is 0 Å². The molecule has 0 atom stereocenters. The van der Waals surface area contributed by atoms with Gasteiger partial charge in [-0.3, -0.25) is 0 Å². The zero-order valence-electron chi connectivity index (χ0n) is 6.97. The highest BCUT2D eigenvalue weighted by molar-refractivity contribution is 6.31. The van der Waals surface area contributed by atoms with Gasteiger partial charge in [-0.25, -0.2) is 0 Å². The molecule has 0 spiro atoms. The molecule has 0 aromatic heterocycles. The van der Waals surface area contributed by atoms with Crippen molar-refractivity contribution in [2.24, 2.45) is 5.73 Å². The first-order valence-corrected chi connectivity index (χ1v) is 4.14. The lowest BCUT2D eigenvalue weighted by atomic mass is 10.0. The van der Waals surface area contributed by atoms with Gasteiger partial charge in [0.2, 0.25) is 0 Å². The Bertz CT molecular complexity index is 284. The van der Waals surface area contributed by atoms with Crippen molar-refractivity contribution in [3.63, 3.8) is 0 Å². The van der Waals surface area contributed by atoms with E-state index in [0.717, 1.165) is 11.1 Å². The van der Waals surface area contributed by atoms with E-state index in [1.54, 1.807) is 6.07 Å². The van der Waals surface area contributed by atoms with E-state index in [2.05, 4.69) is 0 Å². The Morgan fingerprint density at radius 2 is 2.17 bits per heavy atom. The van der Waals surface area contributed by atoms with Crippen LogP contribution in [0.2, 0.25) is 5.02 Å². The molecule has 1 aromatic carbocycles. The van der Waals surface area contributed by atoms with Gasteiger partial charge < -0.3 is 11.5 Å². The summed E-state index contributed by atoms with van der Waals surface area (Å²) in [5.74, 6) is 0. The Balaban J connectivity index is 3.24.